The largest absolute Gasteiger partial charge is 0.469 e. The SMILES string of the molecule is CC(Cc1ccco1)Nc1cccc(N(C)C)c1. The summed E-state index contributed by atoms with van der Waals surface area (Å²) in [6.07, 6.45) is 2.61. The summed E-state index contributed by atoms with van der Waals surface area (Å²) in [6.45, 7) is 2.16. The smallest absolute Gasteiger partial charge is 0.105 e. The molecule has 0 aliphatic rings. The van der Waals surface area contributed by atoms with Gasteiger partial charge in [-0.3, -0.25) is 0 Å². The van der Waals surface area contributed by atoms with Crippen molar-refractivity contribution in [2.75, 3.05) is 24.3 Å². The second-order valence-corrected chi connectivity index (χ2v) is 4.77. The van der Waals surface area contributed by atoms with Crippen LogP contribution in [0.25, 0.3) is 0 Å². The van der Waals surface area contributed by atoms with Gasteiger partial charge in [0.05, 0.1) is 6.26 Å². The van der Waals surface area contributed by atoms with Crippen molar-refractivity contribution in [3.63, 3.8) is 0 Å². The molecule has 0 radical (unpaired) electrons. The van der Waals surface area contributed by atoms with Crippen LogP contribution in [0.4, 0.5) is 11.4 Å². The van der Waals surface area contributed by atoms with E-state index in [2.05, 4.69) is 41.4 Å². The van der Waals surface area contributed by atoms with Crippen LogP contribution >= 0.6 is 0 Å². The van der Waals surface area contributed by atoms with Crippen LogP contribution in [0.1, 0.15) is 12.7 Å². The van der Waals surface area contributed by atoms with Gasteiger partial charge in [-0.05, 0) is 37.3 Å². The summed E-state index contributed by atoms with van der Waals surface area (Å²) in [5.41, 5.74) is 2.34. The number of benzene rings is 1. The van der Waals surface area contributed by atoms with E-state index >= 15 is 0 Å². The number of hydrogen-bond acceptors (Lipinski definition) is 3. The van der Waals surface area contributed by atoms with E-state index in [0.29, 0.717) is 6.04 Å². The summed E-state index contributed by atoms with van der Waals surface area (Å²) in [4.78, 5) is 2.10. The molecule has 18 heavy (non-hydrogen) atoms. The lowest BCUT2D eigenvalue weighted by molar-refractivity contribution is 0.498. The first kappa shape index (κ1) is 12.6. The maximum Gasteiger partial charge on any atom is 0.105 e. The van der Waals surface area contributed by atoms with Crippen LogP contribution in [0.2, 0.25) is 0 Å². The second-order valence-electron chi connectivity index (χ2n) is 4.77. The topological polar surface area (TPSA) is 28.4 Å². The first-order chi connectivity index (χ1) is 8.65. The third kappa shape index (κ3) is 3.29. The summed E-state index contributed by atoms with van der Waals surface area (Å²) in [5, 5.41) is 3.49. The summed E-state index contributed by atoms with van der Waals surface area (Å²) >= 11 is 0. The van der Waals surface area contributed by atoms with Gasteiger partial charge in [0.2, 0.25) is 0 Å². The van der Waals surface area contributed by atoms with Crippen molar-refractivity contribution in [1.82, 2.24) is 0 Å². The van der Waals surface area contributed by atoms with Crippen LogP contribution in [0, 0.1) is 0 Å². The van der Waals surface area contributed by atoms with E-state index in [-0.39, 0.29) is 0 Å². The van der Waals surface area contributed by atoms with Gasteiger partial charge in [-0.1, -0.05) is 6.07 Å². The summed E-state index contributed by atoms with van der Waals surface area (Å²) < 4.78 is 5.36. The Morgan fingerprint density at radius 1 is 1.22 bits per heavy atom. The van der Waals surface area contributed by atoms with Crippen LogP contribution < -0.4 is 10.2 Å². The molecule has 2 rings (SSSR count). The van der Waals surface area contributed by atoms with E-state index in [1.165, 1.54) is 5.69 Å². The van der Waals surface area contributed by atoms with Crippen molar-refractivity contribution in [3.05, 3.63) is 48.4 Å². The first-order valence-corrected chi connectivity index (χ1v) is 6.21. The Kier molecular flexibility index (Phi) is 3.92. The van der Waals surface area contributed by atoms with E-state index in [1.54, 1.807) is 6.26 Å². The van der Waals surface area contributed by atoms with Gasteiger partial charge in [-0.25, -0.2) is 0 Å². The van der Waals surface area contributed by atoms with Gasteiger partial charge in [0, 0.05) is 37.9 Å². The van der Waals surface area contributed by atoms with Crippen molar-refractivity contribution < 1.29 is 4.42 Å². The van der Waals surface area contributed by atoms with Crippen LogP contribution in [-0.2, 0) is 6.42 Å². The Morgan fingerprint density at radius 3 is 2.72 bits per heavy atom. The van der Waals surface area contributed by atoms with Crippen molar-refractivity contribution in [3.8, 4) is 0 Å². The lowest BCUT2D eigenvalue weighted by Gasteiger charge is -2.17. The molecule has 1 heterocycles. The minimum Gasteiger partial charge on any atom is -0.469 e. The molecule has 1 atom stereocenters. The molecule has 1 unspecified atom stereocenters. The van der Waals surface area contributed by atoms with Gasteiger partial charge < -0.3 is 14.6 Å². The van der Waals surface area contributed by atoms with E-state index in [4.69, 9.17) is 4.42 Å². The minimum absolute atomic E-state index is 0.341. The summed E-state index contributed by atoms with van der Waals surface area (Å²) in [5.74, 6) is 1.01. The number of anilines is 2. The molecule has 1 aromatic carbocycles. The molecule has 1 N–H and O–H groups in total. The molecular formula is C15H20N2O. The third-order valence-electron chi connectivity index (χ3n) is 2.86. The van der Waals surface area contributed by atoms with Gasteiger partial charge >= 0.3 is 0 Å². The number of nitrogens with zero attached hydrogens (tertiary/aromatic N) is 1. The van der Waals surface area contributed by atoms with Crippen LogP contribution in [0.5, 0.6) is 0 Å². The highest BCUT2D eigenvalue weighted by atomic mass is 16.3. The lowest BCUT2D eigenvalue weighted by Crippen LogP contribution is -2.18. The zero-order chi connectivity index (χ0) is 13.0. The fraction of sp³-hybridized carbons (Fsp3) is 0.333. The molecule has 96 valence electrons. The zero-order valence-electron chi connectivity index (χ0n) is 11.2. The molecule has 0 aliphatic carbocycles. The Balaban J connectivity index is 1.98. The van der Waals surface area contributed by atoms with Gasteiger partial charge in [-0.15, -0.1) is 0 Å². The number of hydrogen-bond donors (Lipinski definition) is 1. The average Bonchev–Trinajstić information content (AvgIpc) is 2.82. The second kappa shape index (κ2) is 5.63. The van der Waals surface area contributed by atoms with Crippen molar-refractivity contribution in [2.45, 2.75) is 19.4 Å². The molecule has 0 bridgehead atoms. The van der Waals surface area contributed by atoms with E-state index in [1.807, 2.05) is 26.2 Å². The quantitative estimate of drug-likeness (QED) is 0.874. The van der Waals surface area contributed by atoms with Gasteiger partial charge in [0.25, 0.3) is 0 Å². The Morgan fingerprint density at radius 2 is 2.06 bits per heavy atom. The predicted octanol–water partition coefficient (Wildman–Crippen LogP) is 3.39. The van der Waals surface area contributed by atoms with Crippen molar-refractivity contribution >= 4 is 11.4 Å². The maximum atomic E-state index is 5.36. The van der Waals surface area contributed by atoms with Crippen LogP contribution in [0.15, 0.2) is 47.1 Å². The highest BCUT2D eigenvalue weighted by Crippen LogP contribution is 2.18. The molecule has 1 aromatic heterocycles. The van der Waals surface area contributed by atoms with E-state index in [0.717, 1.165) is 17.9 Å². The molecule has 0 aliphatic heterocycles. The van der Waals surface area contributed by atoms with Crippen molar-refractivity contribution in [2.24, 2.45) is 0 Å². The maximum absolute atomic E-state index is 5.36. The molecule has 0 saturated carbocycles. The molecule has 3 heteroatoms. The Bertz CT molecular complexity index is 477. The number of furan rings is 1. The predicted molar refractivity (Wildman–Crippen MR) is 76.3 cm³/mol. The van der Waals surface area contributed by atoms with Gasteiger partial charge in [0.15, 0.2) is 0 Å². The molecule has 0 saturated heterocycles. The minimum atomic E-state index is 0.341. The molecule has 0 fully saturated rings. The van der Waals surface area contributed by atoms with Gasteiger partial charge in [0.1, 0.15) is 5.76 Å². The molecular weight excluding hydrogens is 224 g/mol. The highest BCUT2D eigenvalue weighted by Gasteiger charge is 2.06. The average molecular weight is 244 g/mol. The number of nitrogens with one attached hydrogen (secondary N) is 1. The standard InChI is InChI=1S/C15H20N2O/c1-12(10-15-8-5-9-18-15)16-13-6-4-7-14(11-13)17(2)3/h4-9,11-12,16H,10H2,1-3H3. The highest BCUT2D eigenvalue weighted by molar-refractivity contribution is 5.57. The zero-order valence-corrected chi connectivity index (χ0v) is 11.2. The van der Waals surface area contributed by atoms with E-state index in [9.17, 15) is 0 Å². The monoisotopic (exact) mass is 244 g/mol. The number of rotatable bonds is 5. The fourth-order valence-corrected chi connectivity index (χ4v) is 1.94. The fourth-order valence-electron chi connectivity index (χ4n) is 1.94. The van der Waals surface area contributed by atoms with Crippen LogP contribution in [-0.4, -0.2) is 20.1 Å². The summed E-state index contributed by atoms with van der Waals surface area (Å²) in [6, 6.07) is 12.7. The third-order valence-corrected chi connectivity index (χ3v) is 2.86. The molecule has 3 nitrogen and oxygen atoms in total. The Hall–Kier alpha value is -1.90. The van der Waals surface area contributed by atoms with E-state index < -0.39 is 0 Å². The first-order valence-electron chi connectivity index (χ1n) is 6.21. The normalized spacial score (nSPS) is 12.2. The van der Waals surface area contributed by atoms with Crippen LogP contribution in [0.3, 0.4) is 0 Å². The molecule has 0 amide bonds. The summed E-state index contributed by atoms with van der Waals surface area (Å²) in [7, 11) is 4.09. The molecule has 0 spiro atoms. The van der Waals surface area contributed by atoms with Crippen molar-refractivity contribution in [1.29, 1.82) is 0 Å². The molecule has 2 aromatic rings. The lowest BCUT2D eigenvalue weighted by atomic mass is 10.2. The van der Waals surface area contributed by atoms with Gasteiger partial charge in [-0.2, -0.15) is 0 Å². The Labute approximate surface area is 108 Å².